The first-order chi connectivity index (χ1) is 10.2. The molecule has 0 fully saturated rings. The number of carbonyl (C=O) groups excluding carboxylic acids is 1. The summed E-state index contributed by atoms with van der Waals surface area (Å²) in [7, 11) is 4.20. The Morgan fingerprint density at radius 1 is 1.05 bits per heavy atom. The molecular weight excluding hydrogens is 260 g/mol. The molecule has 3 nitrogen and oxygen atoms in total. The zero-order valence-electron chi connectivity index (χ0n) is 12.5. The molecule has 0 aliphatic carbocycles. The fourth-order valence-corrected chi connectivity index (χ4v) is 2.93. The number of benzene rings is 2. The molecule has 0 aliphatic rings. The van der Waals surface area contributed by atoms with E-state index < -0.39 is 0 Å². The number of aryl methyl sites for hydroxylation is 1. The summed E-state index contributed by atoms with van der Waals surface area (Å²) < 4.78 is 2.36. The van der Waals surface area contributed by atoms with Crippen molar-refractivity contribution in [2.45, 2.75) is 13.0 Å². The SMILES string of the molecule is CN(C)CCCn1c2ccccc2c2cc(C=O)ccc21. The van der Waals surface area contributed by atoms with Crippen molar-refractivity contribution in [3.8, 4) is 0 Å². The van der Waals surface area contributed by atoms with Gasteiger partial charge in [-0.3, -0.25) is 4.79 Å². The van der Waals surface area contributed by atoms with E-state index in [-0.39, 0.29) is 0 Å². The van der Waals surface area contributed by atoms with Crippen LogP contribution in [0, 0.1) is 0 Å². The Balaban J connectivity index is 2.13. The highest BCUT2D eigenvalue weighted by Gasteiger charge is 2.10. The monoisotopic (exact) mass is 280 g/mol. The first kappa shape index (κ1) is 13.8. The summed E-state index contributed by atoms with van der Waals surface area (Å²) >= 11 is 0. The molecule has 0 N–H and O–H groups in total. The fourth-order valence-electron chi connectivity index (χ4n) is 2.93. The Morgan fingerprint density at radius 3 is 2.57 bits per heavy atom. The molecule has 0 atom stereocenters. The Kier molecular flexibility index (Phi) is 3.76. The first-order valence-electron chi connectivity index (χ1n) is 7.31. The van der Waals surface area contributed by atoms with Crippen molar-refractivity contribution in [3.05, 3.63) is 48.0 Å². The number of hydrogen-bond donors (Lipinski definition) is 0. The molecule has 3 heteroatoms. The van der Waals surface area contributed by atoms with Crippen molar-refractivity contribution in [1.29, 1.82) is 0 Å². The van der Waals surface area contributed by atoms with Gasteiger partial charge in [-0.1, -0.05) is 18.2 Å². The predicted molar refractivity (Wildman–Crippen MR) is 88.0 cm³/mol. The van der Waals surface area contributed by atoms with Crippen LogP contribution in [0.1, 0.15) is 16.8 Å². The van der Waals surface area contributed by atoms with Crippen LogP contribution in [0.4, 0.5) is 0 Å². The van der Waals surface area contributed by atoms with Gasteiger partial charge in [-0.15, -0.1) is 0 Å². The van der Waals surface area contributed by atoms with Gasteiger partial charge in [0, 0.05) is 33.9 Å². The minimum Gasteiger partial charge on any atom is -0.340 e. The number of aromatic nitrogens is 1. The van der Waals surface area contributed by atoms with E-state index in [4.69, 9.17) is 0 Å². The van der Waals surface area contributed by atoms with Gasteiger partial charge in [-0.25, -0.2) is 0 Å². The van der Waals surface area contributed by atoms with E-state index in [1.54, 1.807) is 0 Å². The largest absolute Gasteiger partial charge is 0.340 e. The standard InChI is InChI=1S/C18H20N2O/c1-19(2)10-5-11-20-17-7-4-3-6-15(17)16-12-14(13-21)8-9-18(16)20/h3-4,6-9,12-13H,5,10-11H2,1-2H3. The van der Waals surface area contributed by atoms with Gasteiger partial charge in [0.2, 0.25) is 0 Å². The van der Waals surface area contributed by atoms with Crippen LogP contribution in [-0.4, -0.2) is 36.4 Å². The molecular formula is C18H20N2O. The molecule has 0 spiro atoms. The third kappa shape index (κ3) is 2.57. The van der Waals surface area contributed by atoms with E-state index in [0.717, 1.165) is 31.4 Å². The van der Waals surface area contributed by atoms with Crippen LogP contribution in [0.2, 0.25) is 0 Å². The van der Waals surface area contributed by atoms with Crippen molar-refractivity contribution in [2.24, 2.45) is 0 Å². The first-order valence-corrected chi connectivity index (χ1v) is 7.31. The highest BCUT2D eigenvalue weighted by Crippen LogP contribution is 2.29. The van der Waals surface area contributed by atoms with Gasteiger partial charge in [-0.2, -0.15) is 0 Å². The summed E-state index contributed by atoms with van der Waals surface area (Å²) in [6, 6.07) is 14.4. The summed E-state index contributed by atoms with van der Waals surface area (Å²) in [6.45, 7) is 2.06. The summed E-state index contributed by atoms with van der Waals surface area (Å²) in [5, 5.41) is 2.39. The summed E-state index contributed by atoms with van der Waals surface area (Å²) in [5.41, 5.74) is 3.19. The van der Waals surface area contributed by atoms with Crippen molar-refractivity contribution in [2.75, 3.05) is 20.6 Å². The van der Waals surface area contributed by atoms with E-state index in [0.29, 0.717) is 0 Å². The van der Waals surface area contributed by atoms with Gasteiger partial charge in [0.15, 0.2) is 0 Å². The molecule has 108 valence electrons. The topological polar surface area (TPSA) is 25.2 Å². The Hall–Kier alpha value is -2.13. The maximum absolute atomic E-state index is 11.0. The minimum atomic E-state index is 0.735. The van der Waals surface area contributed by atoms with E-state index in [2.05, 4.69) is 53.9 Å². The Morgan fingerprint density at radius 2 is 1.81 bits per heavy atom. The second-order valence-corrected chi connectivity index (χ2v) is 5.72. The molecule has 1 heterocycles. The summed E-state index contributed by atoms with van der Waals surface area (Å²) in [4.78, 5) is 13.2. The molecule has 0 saturated carbocycles. The minimum absolute atomic E-state index is 0.735. The normalized spacial score (nSPS) is 11.6. The van der Waals surface area contributed by atoms with Gasteiger partial charge < -0.3 is 9.47 Å². The summed E-state index contributed by atoms with van der Waals surface area (Å²) in [6.07, 6.45) is 2.02. The lowest BCUT2D eigenvalue weighted by atomic mass is 10.1. The van der Waals surface area contributed by atoms with Crippen LogP contribution in [0.15, 0.2) is 42.5 Å². The van der Waals surface area contributed by atoms with Crippen molar-refractivity contribution < 1.29 is 4.79 Å². The van der Waals surface area contributed by atoms with E-state index in [1.807, 2.05) is 12.1 Å². The van der Waals surface area contributed by atoms with Gasteiger partial charge in [0.1, 0.15) is 6.29 Å². The summed E-state index contributed by atoms with van der Waals surface area (Å²) in [5.74, 6) is 0. The second kappa shape index (κ2) is 5.70. The molecule has 3 rings (SSSR count). The molecule has 0 aliphatic heterocycles. The Labute approximate surface area is 124 Å². The average molecular weight is 280 g/mol. The van der Waals surface area contributed by atoms with Crippen LogP contribution in [0.25, 0.3) is 21.8 Å². The lowest BCUT2D eigenvalue weighted by Gasteiger charge is -2.11. The van der Waals surface area contributed by atoms with Crippen LogP contribution in [0.5, 0.6) is 0 Å². The van der Waals surface area contributed by atoms with Crippen molar-refractivity contribution >= 4 is 28.1 Å². The quantitative estimate of drug-likeness (QED) is 0.668. The van der Waals surface area contributed by atoms with E-state index in [9.17, 15) is 4.79 Å². The van der Waals surface area contributed by atoms with Gasteiger partial charge in [0.05, 0.1) is 0 Å². The number of hydrogen-bond acceptors (Lipinski definition) is 2. The molecule has 21 heavy (non-hydrogen) atoms. The molecule has 1 aromatic heterocycles. The number of para-hydroxylation sites is 1. The van der Waals surface area contributed by atoms with Gasteiger partial charge in [-0.05, 0) is 51.3 Å². The maximum Gasteiger partial charge on any atom is 0.150 e. The molecule has 2 aromatic carbocycles. The number of rotatable bonds is 5. The predicted octanol–water partition coefficient (Wildman–Crippen LogP) is 3.56. The smallest absolute Gasteiger partial charge is 0.150 e. The molecule has 0 radical (unpaired) electrons. The third-order valence-corrected chi connectivity index (χ3v) is 3.92. The zero-order chi connectivity index (χ0) is 14.8. The van der Waals surface area contributed by atoms with Crippen LogP contribution < -0.4 is 0 Å². The van der Waals surface area contributed by atoms with Crippen LogP contribution in [-0.2, 0) is 6.54 Å². The van der Waals surface area contributed by atoms with Gasteiger partial charge in [0.25, 0.3) is 0 Å². The van der Waals surface area contributed by atoms with Crippen LogP contribution in [0.3, 0.4) is 0 Å². The van der Waals surface area contributed by atoms with Crippen molar-refractivity contribution in [3.63, 3.8) is 0 Å². The number of fused-ring (bicyclic) bond motifs is 3. The van der Waals surface area contributed by atoms with Crippen molar-refractivity contribution in [1.82, 2.24) is 9.47 Å². The molecule has 3 aromatic rings. The maximum atomic E-state index is 11.0. The van der Waals surface area contributed by atoms with Crippen LogP contribution >= 0.6 is 0 Å². The number of aldehydes is 1. The fraction of sp³-hybridized carbons (Fsp3) is 0.278. The van der Waals surface area contributed by atoms with E-state index >= 15 is 0 Å². The highest BCUT2D eigenvalue weighted by atomic mass is 16.1. The molecule has 0 unspecified atom stereocenters. The van der Waals surface area contributed by atoms with Gasteiger partial charge >= 0.3 is 0 Å². The Bertz CT molecular complexity index is 786. The average Bonchev–Trinajstić information content (AvgIpc) is 2.81. The lowest BCUT2D eigenvalue weighted by molar-refractivity contribution is 0.112. The lowest BCUT2D eigenvalue weighted by Crippen LogP contribution is -2.15. The number of carbonyl (C=O) groups is 1. The third-order valence-electron chi connectivity index (χ3n) is 3.92. The molecule has 0 bridgehead atoms. The van der Waals surface area contributed by atoms with E-state index in [1.165, 1.54) is 21.8 Å². The molecule has 0 saturated heterocycles. The highest BCUT2D eigenvalue weighted by molar-refractivity contribution is 6.09. The zero-order valence-corrected chi connectivity index (χ0v) is 12.5. The second-order valence-electron chi connectivity index (χ2n) is 5.72. The molecule has 0 amide bonds. The number of nitrogens with zero attached hydrogens (tertiary/aromatic N) is 2.